The molecule has 0 aliphatic rings. The second kappa shape index (κ2) is 8.65. The van der Waals surface area contributed by atoms with Crippen LogP contribution in [0, 0.1) is 18.3 Å². The maximum Gasteiger partial charge on any atom is 0.277 e. The van der Waals surface area contributed by atoms with E-state index in [-0.39, 0.29) is 12.5 Å². The summed E-state index contributed by atoms with van der Waals surface area (Å²) in [5.74, 6) is 0.704. The summed E-state index contributed by atoms with van der Waals surface area (Å²) in [6.07, 6.45) is 1.52. The highest BCUT2D eigenvalue weighted by molar-refractivity contribution is 5.83. The molecule has 0 aliphatic carbocycles. The van der Waals surface area contributed by atoms with E-state index < -0.39 is 0 Å². The Kier molecular flexibility index (Phi) is 6.30. The first-order chi connectivity index (χ1) is 12.0. The number of nitriles is 1. The largest absolute Gasteiger partial charge is 0.483 e. The highest BCUT2D eigenvalue weighted by Gasteiger charge is 2.09. The van der Waals surface area contributed by atoms with Gasteiger partial charge in [-0.3, -0.25) is 4.79 Å². The van der Waals surface area contributed by atoms with Gasteiger partial charge in [0.2, 0.25) is 0 Å². The SMILES string of the molecule is Cc1ccc(C(C)C)c(OCC(=O)N/N=C\c2ccc(C#N)cc2)c1. The Balaban J connectivity index is 1.89. The quantitative estimate of drug-likeness (QED) is 0.648. The summed E-state index contributed by atoms with van der Waals surface area (Å²) in [6.45, 7) is 6.05. The number of nitrogens with one attached hydrogen (secondary N) is 1. The van der Waals surface area contributed by atoms with Crippen molar-refractivity contribution in [1.29, 1.82) is 5.26 Å². The highest BCUT2D eigenvalue weighted by Crippen LogP contribution is 2.27. The molecule has 5 nitrogen and oxygen atoms in total. The Labute approximate surface area is 147 Å². The molecule has 0 saturated heterocycles. The number of benzene rings is 2. The summed E-state index contributed by atoms with van der Waals surface area (Å²) < 4.78 is 5.65. The third kappa shape index (κ3) is 5.47. The van der Waals surface area contributed by atoms with Crippen molar-refractivity contribution in [3.8, 4) is 11.8 Å². The van der Waals surface area contributed by atoms with Gasteiger partial charge in [0.1, 0.15) is 5.75 Å². The third-order valence-electron chi connectivity index (χ3n) is 3.59. The van der Waals surface area contributed by atoms with E-state index in [1.165, 1.54) is 6.21 Å². The van der Waals surface area contributed by atoms with Crippen molar-refractivity contribution in [3.63, 3.8) is 0 Å². The van der Waals surface area contributed by atoms with E-state index in [0.717, 1.165) is 22.4 Å². The molecule has 128 valence electrons. The number of amides is 1. The van der Waals surface area contributed by atoms with E-state index in [1.54, 1.807) is 24.3 Å². The molecule has 2 aromatic carbocycles. The minimum Gasteiger partial charge on any atom is -0.483 e. The average molecular weight is 335 g/mol. The number of hydrogen-bond acceptors (Lipinski definition) is 4. The van der Waals surface area contributed by atoms with E-state index >= 15 is 0 Å². The molecule has 0 bridgehead atoms. The summed E-state index contributed by atoms with van der Waals surface area (Å²) >= 11 is 0. The third-order valence-corrected chi connectivity index (χ3v) is 3.59. The molecule has 0 fully saturated rings. The van der Waals surface area contributed by atoms with Crippen LogP contribution >= 0.6 is 0 Å². The van der Waals surface area contributed by atoms with Gasteiger partial charge in [-0.25, -0.2) is 5.43 Å². The molecule has 5 heteroatoms. The lowest BCUT2D eigenvalue weighted by Gasteiger charge is -2.14. The smallest absolute Gasteiger partial charge is 0.277 e. The number of nitrogens with zero attached hydrogens (tertiary/aromatic N) is 2. The minimum absolute atomic E-state index is 0.103. The van der Waals surface area contributed by atoms with Gasteiger partial charge >= 0.3 is 0 Å². The molecule has 0 radical (unpaired) electrons. The Morgan fingerprint density at radius 2 is 2.00 bits per heavy atom. The molecule has 2 rings (SSSR count). The zero-order chi connectivity index (χ0) is 18.2. The molecule has 1 N–H and O–H groups in total. The number of carbonyl (C=O) groups excluding carboxylic acids is 1. The maximum atomic E-state index is 11.9. The average Bonchev–Trinajstić information content (AvgIpc) is 2.60. The van der Waals surface area contributed by atoms with Crippen LogP contribution in [-0.4, -0.2) is 18.7 Å². The van der Waals surface area contributed by atoms with Crippen molar-refractivity contribution in [1.82, 2.24) is 5.43 Å². The molecule has 0 saturated carbocycles. The monoisotopic (exact) mass is 335 g/mol. The fraction of sp³-hybridized carbons (Fsp3) is 0.250. The first kappa shape index (κ1) is 18.2. The molecule has 1 amide bonds. The normalized spacial score (nSPS) is 10.7. The molecule has 25 heavy (non-hydrogen) atoms. The van der Waals surface area contributed by atoms with Gasteiger partial charge in [0.25, 0.3) is 5.91 Å². The fourth-order valence-corrected chi connectivity index (χ4v) is 2.24. The zero-order valence-electron chi connectivity index (χ0n) is 14.6. The van der Waals surface area contributed by atoms with Gasteiger partial charge in [-0.15, -0.1) is 0 Å². The van der Waals surface area contributed by atoms with Gasteiger partial charge in [0.15, 0.2) is 6.61 Å². The molecule has 0 spiro atoms. The summed E-state index contributed by atoms with van der Waals surface area (Å²) in [6, 6.07) is 14.9. The van der Waals surface area contributed by atoms with Crippen LogP contribution in [0.3, 0.4) is 0 Å². The lowest BCUT2D eigenvalue weighted by Crippen LogP contribution is -2.25. The number of rotatable bonds is 6. The van der Waals surface area contributed by atoms with Gasteiger partial charge in [0, 0.05) is 0 Å². The van der Waals surface area contributed by atoms with Crippen LogP contribution in [0.15, 0.2) is 47.6 Å². The van der Waals surface area contributed by atoms with E-state index in [9.17, 15) is 4.79 Å². The van der Waals surface area contributed by atoms with Crippen LogP contribution < -0.4 is 10.2 Å². The number of carbonyl (C=O) groups is 1. The fourth-order valence-electron chi connectivity index (χ4n) is 2.24. The van der Waals surface area contributed by atoms with Gasteiger partial charge in [-0.1, -0.05) is 38.1 Å². The lowest BCUT2D eigenvalue weighted by atomic mass is 10.0. The van der Waals surface area contributed by atoms with Crippen molar-refractivity contribution >= 4 is 12.1 Å². The van der Waals surface area contributed by atoms with Crippen LogP contribution in [0.1, 0.15) is 42.0 Å². The van der Waals surface area contributed by atoms with Gasteiger partial charge in [-0.05, 0) is 47.7 Å². The second-order valence-corrected chi connectivity index (χ2v) is 6.01. The van der Waals surface area contributed by atoms with Crippen LogP contribution in [0.25, 0.3) is 0 Å². The molecule has 0 unspecified atom stereocenters. The second-order valence-electron chi connectivity index (χ2n) is 6.01. The summed E-state index contributed by atoms with van der Waals surface area (Å²) in [5, 5.41) is 12.6. The molecule has 0 aromatic heterocycles. The van der Waals surface area contributed by atoms with Crippen LogP contribution in [0.2, 0.25) is 0 Å². The predicted molar refractivity (Wildman–Crippen MR) is 97.7 cm³/mol. The number of hydrazone groups is 1. The van der Waals surface area contributed by atoms with Crippen molar-refractivity contribution in [2.75, 3.05) is 6.61 Å². The molecular formula is C20H21N3O2. The number of aryl methyl sites for hydroxylation is 1. The van der Waals surface area contributed by atoms with E-state index in [2.05, 4.69) is 24.4 Å². The van der Waals surface area contributed by atoms with Gasteiger partial charge < -0.3 is 4.74 Å². The molecule has 0 atom stereocenters. The van der Waals surface area contributed by atoms with E-state index in [4.69, 9.17) is 10.00 Å². The number of hydrogen-bond donors (Lipinski definition) is 1. The first-order valence-corrected chi connectivity index (χ1v) is 8.05. The Bertz CT molecular complexity index is 803. The topological polar surface area (TPSA) is 74.5 Å². The number of ether oxygens (including phenoxy) is 1. The standard InChI is InChI=1S/C20H21N3O2/c1-14(2)18-9-4-15(3)10-19(18)25-13-20(24)23-22-12-17-7-5-16(11-21)6-8-17/h4-10,12,14H,13H2,1-3H3,(H,23,24)/b22-12-. The Hall–Kier alpha value is -3.13. The maximum absolute atomic E-state index is 11.9. The van der Waals surface area contributed by atoms with E-state index in [1.807, 2.05) is 31.2 Å². The molecular weight excluding hydrogens is 314 g/mol. The van der Waals surface area contributed by atoms with Crippen molar-refractivity contribution < 1.29 is 9.53 Å². The first-order valence-electron chi connectivity index (χ1n) is 8.05. The Morgan fingerprint density at radius 3 is 2.64 bits per heavy atom. The van der Waals surface area contributed by atoms with Crippen molar-refractivity contribution in [2.45, 2.75) is 26.7 Å². The van der Waals surface area contributed by atoms with Crippen molar-refractivity contribution in [3.05, 3.63) is 64.7 Å². The van der Waals surface area contributed by atoms with Crippen LogP contribution in [0.4, 0.5) is 0 Å². The van der Waals surface area contributed by atoms with Crippen LogP contribution in [0.5, 0.6) is 5.75 Å². The summed E-state index contributed by atoms with van der Waals surface area (Å²) in [5.41, 5.74) is 5.95. The Morgan fingerprint density at radius 1 is 1.28 bits per heavy atom. The van der Waals surface area contributed by atoms with Gasteiger partial charge in [0.05, 0.1) is 17.8 Å². The summed E-state index contributed by atoms with van der Waals surface area (Å²) in [4.78, 5) is 11.9. The van der Waals surface area contributed by atoms with Gasteiger partial charge in [-0.2, -0.15) is 10.4 Å². The molecule has 2 aromatic rings. The van der Waals surface area contributed by atoms with Crippen molar-refractivity contribution in [2.24, 2.45) is 5.10 Å². The zero-order valence-corrected chi connectivity index (χ0v) is 14.6. The molecule has 0 heterocycles. The lowest BCUT2D eigenvalue weighted by molar-refractivity contribution is -0.123. The minimum atomic E-state index is -0.332. The summed E-state index contributed by atoms with van der Waals surface area (Å²) in [7, 11) is 0. The predicted octanol–water partition coefficient (Wildman–Crippen LogP) is 3.52. The highest BCUT2D eigenvalue weighted by atomic mass is 16.5. The molecule has 0 aliphatic heterocycles. The van der Waals surface area contributed by atoms with E-state index in [0.29, 0.717) is 11.5 Å². The van der Waals surface area contributed by atoms with Crippen LogP contribution in [-0.2, 0) is 4.79 Å².